The summed E-state index contributed by atoms with van der Waals surface area (Å²) < 4.78 is 0. The molecular weight excluding hydrogens is 404 g/mol. The number of phenolic OH excluding ortho intramolecular Hbond substituents is 1. The van der Waals surface area contributed by atoms with Crippen LogP contribution < -0.4 is 5.32 Å². The highest BCUT2D eigenvalue weighted by Crippen LogP contribution is 2.33. The summed E-state index contributed by atoms with van der Waals surface area (Å²) in [4.78, 5) is 27.1. The van der Waals surface area contributed by atoms with Crippen LogP contribution in [-0.2, 0) is 11.2 Å². The van der Waals surface area contributed by atoms with Gasteiger partial charge in [-0.2, -0.15) is 0 Å². The molecule has 1 atom stereocenters. The van der Waals surface area contributed by atoms with Gasteiger partial charge in [-0.1, -0.05) is 58.0 Å². The molecule has 0 bridgehead atoms. The quantitative estimate of drug-likeness (QED) is 0.495. The summed E-state index contributed by atoms with van der Waals surface area (Å²) in [6.07, 6.45) is -0.964. The Morgan fingerprint density at radius 1 is 0.938 bits per heavy atom. The van der Waals surface area contributed by atoms with Crippen LogP contribution in [0, 0.1) is 0 Å². The summed E-state index contributed by atoms with van der Waals surface area (Å²) >= 11 is 0. The lowest BCUT2D eigenvalue weighted by Gasteiger charge is -2.39. The van der Waals surface area contributed by atoms with Gasteiger partial charge in [0.25, 0.3) is 0 Å². The molecule has 3 N–H and O–H groups in total. The van der Waals surface area contributed by atoms with Gasteiger partial charge in [0.2, 0.25) is 5.91 Å². The van der Waals surface area contributed by atoms with Crippen molar-refractivity contribution in [2.24, 2.45) is 0 Å². The van der Waals surface area contributed by atoms with E-state index in [1.54, 1.807) is 32.9 Å². The molecular formula is C26H36N2O4. The largest absolute Gasteiger partial charge is 0.508 e. The van der Waals surface area contributed by atoms with Crippen LogP contribution in [0.2, 0.25) is 0 Å². The Hall–Kier alpha value is -3.02. The Bertz CT molecular complexity index is 917. The predicted octanol–water partition coefficient (Wildman–Crippen LogP) is 5.97. The van der Waals surface area contributed by atoms with Gasteiger partial charge < -0.3 is 15.5 Å². The number of para-hydroxylation sites is 1. The summed E-state index contributed by atoms with van der Waals surface area (Å²) in [6.45, 7) is 13.6. The standard InChI is InChI=1S/C26H36N2O4/c1-16(2)20-9-8-10-21(17(3)4)23(20)27-24(30)22(28(25(31)32)26(5,6)7)15-18-11-13-19(29)14-12-18/h8-14,16-17,22,29H,15H2,1-7H3,(H,27,30)(H,31,32)/t22-/m0/s1. The van der Waals surface area contributed by atoms with Crippen LogP contribution in [0.3, 0.4) is 0 Å². The lowest BCUT2D eigenvalue weighted by atomic mass is 9.92. The molecule has 0 heterocycles. The molecule has 2 aromatic carbocycles. The number of hydrogen-bond acceptors (Lipinski definition) is 3. The van der Waals surface area contributed by atoms with Crippen LogP contribution in [0.25, 0.3) is 0 Å². The van der Waals surface area contributed by atoms with Gasteiger partial charge in [0, 0.05) is 17.6 Å². The molecule has 0 fully saturated rings. The van der Waals surface area contributed by atoms with Crippen molar-refractivity contribution >= 4 is 17.7 Å². The minimum atomic E-state index is -1.15. The molecule has 0 spiro atoms. The number of carbonyl (C=O) groups is 2. The molecule has 0 saturated heterocycles. The molecule has 0 aliphatic heterocycles. The van der Waals surface area contributed by atoms with Crippen molar-refractivity contribution in [1.29, 1.82) is 0 Å². The van der Waals surface area contributed by atoms with Crippen molar-refractivity contribution in [3.05, 3.63) is 59.2 Å². The number of aromatic hydroxyl groups is 1. The van der Waals surface area contributed by atoms with Crippen molar-refractivity contribution in [1.82, 2.24) is 4.90 Å². The number of hydrogen-bond donors (Lipinski definition) is 3. The van der Waals surface area contributed by atoms with E-state index < -0.39 is 17.7 Å². The van der Waals surface area contributed by atoms with Gasteiger partial charge in [0.05, 0.1) is 0 Å². The minimum absolute atomic E-state index is 0.119. The van der Waals surface area contributed by atoms with Crippen molar-refractivity contribution in [2.45, 2.75) is 78.3 Å². The maximum Gasteiger partial charge on any atom is 0.408 e. The molecule has 0 radical (unpaired) electrons. The first-order valence-electron chi connectivity index (χ1n) is 11.1. The van der Waals surface area contributed by atoms with Gasteiger partial charge in [0.15, 0.2) is 0 Å². The van der Waals surface area contributed by atoms with Gasteiger partial charge >= 0.3 is 6.09 Å². The molecule has 2 amide bonds. The van der Waals surface area contributed by atoms with E-state index in [1.165, 1.54) is 17.0 Å². The fraction of sp³-hybridized carbons (Fsp3) is 0.462. The van der Waals surface area contributed by atoms with Crippen LogP contribution in [0.1, 0.15) is 77.0 Å². The normalized spacial score (nSPS) is 12.7. The molecule has 174 valence electrons. The fourth-order valence-corrected chi connectivity index (χ4v) is 3.95. The number of phenols is 1. The smallest absolute Gasteiger partial charge is 0.408 e. The number of rotatable bonds is 7. The highest BCUT2D eigenvalue weighted by molar-refractivity contribution is 5.98. The Labute approximate surface area is 191 Å². The summed E-state index contributed by atoms with van der Waals surface area (Å²) in [7, 11) is 0. The molecule has 0 unspecified atom stereocenters. The van der Waals surface area contributed by atoms with Crippen LogP contribution in [-0.4, -0.2) is 38.7 Å². The zero-order chi connectivity index (χ0) is 24.2. The molecule has 6 nitrogen and oxygen atoms in total. The molecule has 32 heavy (non-hydrogen) atoms. The van der Waals surface area contributed by atoms with Crippen molar-refractivity contribution in [3.63, 3.8) is 0 Å². The third-order valence-corrected chi connectivity index (χ3v) is 5.53. The second-order valence-electron chi connectivity index (χ2n) is 9.82. The fourth-order valence-electron chi connectivity index (χ4n) is 3.95. The third kappa shape index (κ3) is 6.02. The van der Waals surface area contributed by atoms with Crippen LogP contribution in [0.5, 0.6) is 5.75 Å². The Balaban J connectivity index is 2.53. The number of anilines is 1. The number of carbonyl (C=O) groups excluding carboxylic acids is 1. The van der Waals surface area contributed by atoms with E-state index in [0.717, 1.165) is 22.4 Å². The van der Waals surface area contributed by atoms with E-state index in [-0.39, 0.29) is 29.9 Å². The van der Waals surface area contributed by atoms with Crippen molar-refractivity contribution in [2.75, 3.05) is 5.32 Å². The minimum Gasteiger partial charge on any atom is -0.508 e. The average Bonchev–Trinajstić information content (AvgIpc) is 2.67. The molecule has 2 rings (SSSR count). The summed E-state index contributed by atoms with van der Waals surface area (Å²) in [5.74, 6) is 0.133. The number of carboxylic acid groups (broad SMARTS) is 1. The van der Waals surface area contributed by atoms with E-state index in [9.17, 15) is 19.8 Å². The molecule has 0 aliphatic rings. The zero-order valence-corrected chi connectivity index (χ0v) is 20.1. The lowest BCUT2D eigenvalue weighted by molar-refractivity contribution is -0.122. The average molecular weight is 441 g/mol. The number of amides is 2. The first-order valence-corrected chi connectivity index (χ1v) is 11.1. The molecule has 0 aliphatic carbocycles. The zero-order valence-electron chi connectivity index (χ0n) is 20.1. The van der Waals surface area contributed by atoms with Crippen LogP contribution in [0.4, 0.5) is 10.5 Å². The van der Waals surface area contributed by atoms with E-state index in [2.05, 4.69) is 33.0 Å². The Kier molecular flexibility index (Phi) is 7.94. The first-order chi connectivity index (χ1) is 14.8. The van der Waals surface area contributed by atoms with Gasteiger partial charge in [-0.15, -0.1) is 0 Å². The molecule has 6 heteroatoms. The van der Waals surface area contributed by atoms with Gasteiger partial charge in [-0.3, -0.25) is 9.69 Å². The van der Waals surface area contributed by atoms with Crippen LogP contribution in [0.15, 0.2) is 42.5 Å². The topological polar surface area (TPSA) is 89.9 Å². The third-order valence-electron chi connectivity index (χ3n) is 5.53. The second kappa shape index (κ2) is 10.1. The number of nitrogens with zero attached hydrogens (tertiary/aromatic N) is 1. The van der Waals surface area contributed by atoms with Crippen molar-refractivity contribution in [3.8, 4) is 5.75 Å². The van der Waals surface area contributed by atoms with Gasteiger partial charge in [-0.25, -0.2) is 4.79 Å². The van der Waals surface area contributed by atoms with Gasteiger partial charge in [-0.05, 0) is 61.4 Å². The van der Waals surface area contributed by atoms with Crippen LogP contribution >= 0.6 is 0 Å². The first kappa shape index (κ1) is 25.2. The highest BCUT2D eigenvalue weighted by atomic mass is 16.4. The Morgan fingerprint density at radius 2 is 1.44 bits per heavy atom. The van der Waals surface area contributed by atoms with E-state index >= 15 is 0 Å². The molecule has 2 aromatic rings. The molecule has 0 aromatic heterocycles. The maximum atomic E-state index is 13.7. The summed E-state index contributed by atoms with van der Waals surface area (Å²) in [6, 6.07) is 11.5. The van der Waals surface area contributed by atoms with E-state index in [4.69, 9.17) is 0 Å². The monoisotopic (exact) mass is 440 g/mol. The maximum absolute atomic E-state index is 13.7. The summed E-state index contributed by atoms with van der Waals surface area (Å²) in [5, 5.41) is 22.7. The molecule has 0 saturated carbocycles. The van der Waals surface area contributed by atoms with E-state index in [1.807, 2.05) is 18.2 Å². The SMILES string of the molecule is CC(C)c1cccc(C(C)C)c1NC(=O)[C@H](Cc1ccc(O)cc1)N(C(=O)O)C(C)(C)C. The van der Waals surface area contributed by atoms with Crippen molar-refractivity contribution < 1.29 is 19.8 Å². The highest BCUT2D eigenvalue weighted by Gasteiger charge is 2.38. The number of benzene rings is 2. The van der Waals surface area contributed by atoms with E-state index in [0.29, 0.717) is 0 Å². The second-order valence-corrected chi connectivity index (χ2v) is 9.82. The number of nitrogens with one attached hydrogen (secondary N) is 1. The predicted molar refractivity (Wildman–Crippen MR) is 128 cm³/mol. The summed E-state index contributed by atoms with van der Waals surface area (Å²) in [5.41, 5.74) is 2.77. The lowest BCUT2D eigenvalue weighted by Crippen LogP contribution is -2.56. The van der Waals surface area contributed by atoms with Gasteiger partial charge in [0.1, 0.15) is 11.8 Å². The Morgan fingerprint density at radius 3 is 1.84 bits per heavy atom.